The minimum absolute atomic E-state index is 0.181. The number of carbonyl (C=O) groups is 1. The number of aryl methyl sites for hydroxylation is 1. The molecule has 0 bridgehead atoms. The van der Waals surface area contributed by atoms with E-state index < -0.39 is 0 Å². The van der Waals surface area contributed by atoms with Crippen molar-refractivity contribution in [1.82, 2.24) is 0 Å². The first-order chi connectivity index (χ1) is 6.54. The average Bonchev–Trinajstić information content (AvgIpc) is 2.10. The number of nitriles is 1. The topological polar surface area (TPSA) is 52.9 Å². The second-order valence-corrected chi connectivity index (χ2v) is 3.35. The Kier molecular flexibility index (Phi) is 3.10. The first-order valence-corrected chi connectivity index (χ1v) is 4.40. The van der Waals surface area contributed by atoms with Crippen LogP contribution in [0.4, 0.5) is 5.69 Å². The van der Waals surface area contributed by atoms with Crippen LogP contribution in [0, 0.1) is 18.3 Å². The number of anilines is 1. The number of benzene rings is 1. The first-order valence-electron chi connectivity index (χ1n) is 4.02. The van der Waals surface area contributed by atoms with Crippen LogP contribution >= 0.6 is 11.6 Å². The average molecular weight is 209 g/mol. The highest BCUT2D eigenvalue weighted by molar-refractivity contribution is 6.34. The van der Waals surface area contributed by atoms with E-state index in [0.717, 1.165) is 5.56 Å². The Morgan fingerprint density at radius 1 is 1.57 bits per heavy atom. The van der Waals surface area contributed by atoms with Crippen molar-refractivity contribution < 1.29 is 4.79 Å². The van der Waals surface area contributed by atoms with Crippen molar-refractivity contribution in [2.24, 2.45) is 0 Å². The molecule has 0 saturated carbocycles. The van der Waals surface area contributed by atoms with Gasteiger partial charge in [0.2, 0.25) is 5.91 Å². The largest absolute Gasteiger partial charge is 0.325 e. The molecular weight excluding hydrogens is 200 g/mol. The lowest BCUT2D eigenvalue weighted by atomic mass is 10.1. The molecule has 0 aliphatic rings. The van der Waals surface area contributed by atoms with Crippen LogP contribution in [-0.2, 0) is 4.79 Å². The molecule has 1 aromatic rings. The van der Waals surface area contributed by atoms with Crippen LogP contribution in [0.2, 0.25) is 5.02 Å². The number of hydrogen-bond donors (Lipinski definition) is 1. The first kappa shape index (κ1) is 10.6. The van der Waals surface area contributed by atoms with E-state index in [1.165, 1.54) is 13.0 Å². The van der Waals surface area contributed by atoms with Crippen molar-refractivity contribution in [3.8, 4) is 6.07 Å². The number of halogens is 1. The molecule has 0 unspecified atom stereocenters. The smallest absolute Gasteiger partial charge is 0.221 e. The van der Waals surface area contributed by atoms with E-state index in [0.29, 0.717) is 16.3 Å². The van der Waals surface area contributed by atoms with Crippen LogP contribution in [0.1, 0.15) is 18.1 Å². The number of nitrogens with zero attached hydrogens (tertiary/aromatic N) is 1. The molecule has 1 amide bonds. The van der Waals surface area contributed by atoms with Gasteiger partial charge in [-0.05, 0) is 24.6 Å². The number of nitrogens with one attached hydrogen (secondary N) is 1. The van der Waals surface area contributed by atoms with Gasteiger partial charge in [0.15, 0.2) is 0 Å². The predicted octanol–water partition coefficient (Wildman–Crippen LogP) is 2.48. The van der Waals surface area contributed by atoms with E-state index in [1.54, 1.807) is 13.0 Å². The van der Waals surface area contributed by atoms with Gasteiger partial charge in [0.05, 0.1) is 22.3 Å². The summed E-state index contributed by atoms with van der Waals surface area (Å²) in [6, 6.07) is 5.20. The van der Waals surface area contributed by atoms with E-state index in [1.807, 2.05) is 6.07 Å². The molecule has 0 spiro atoms. The summed E-state index contributed by atoms with van der Waals surface area (Å²) in [4.78, 5) is 10.8. The zero-order valence-electron chi connectivity index (χ0n) is 7.89. The van der Waals surface area contributed by atoms with Gasteiger partial charge < -0.3 is 5.32 Å². The minimum Gasteiger partial charge on any atom is -0.325 e. The van der Waals surface area contributed by atoms with Crippen molar-refractivity contribution in [1.29, 1.82) is 5.26 Å². The quantitative estimate of drug-likeness (QED) is 0.771. The number of hydrogen-bond acceptors (Lipinski definition) is 2. The Hall–Kier alpha value is -1.53. The molecule has 0 fully saturated rings. The molecule has 0 radical (unpaired) electrons. The highest BCUT2D eigenvalue weighted by Crippen LogP contribution is 2.27. The van der Waals surface area contributed by atoms with E-state index in [4.69, 9.17) is 16.9 Å². The molecule has 72 valence electrons. The fraction of sp³-hybridized carbons (Fsp3) is 0.200. The fourth-order valence-electron chi connectivity index (χ4n) is 1.14. The van der Waals surface area contributed by atoms with E-state index >= 15 is 0 Å². The SMILES string of the molecule is CC(=O)Nc1c(C)cc(C#N)cc1Cl. The molecule has 14 heavy (non-hydrogen) atoms. The Morgan fingerprint density at radius 2 is 2.21 bits per heavy atom. The molecule has 0 aromatic heterocycles. The van der Waals surface area contributed by atoms with Gasteiger partial charge in [-0.3, -0.25) is 4.79 Å². The van der Waals surface area contributed by atoms with Crippen molar-refractivity contribution in [2.75, 3.05) is 5.32 Å². The second kappa shape index (κ2) is 4.12. The maximum Gasteiger partial charge on any atom is 0.221 e. The third-order valence-corrected chi connectivity index (χ3v) is 2.02. The number of amides is 1. The monoisotopic (exact) mass is 208 g/mol. The van der Waals surface area contributed by atoms with Crippen LogP contribution in [0.5, 0.6) is 0 Å². The summed E-state index contributed by atoms with van der Waals surface area (Å²) in [5, 5.41) is 11.7. The lowest BCUT2D eigenvalue weighted by Crippen LogP contribution is -2.07. The lowest BCUT2D eigenvalue weighted by molar-refractivity contribution is -0.114. The summed E-state index contributed by atoms with van der Waals surface area (Å²) in [6.45, 7) is 3.20. The van der Waals surface area contributed by atoms with Crippen molar-refractivity contribution in [3.05, 3.63) is 28.3 Å². The molecule has 0 aliphatic carbocycles. The molecular formula is C10H9ClN2O. The van der Waals surface area contributed by atoms with Crippen LogP contribution in [-0.4, -0.2) is 5.91 Å². The molecule has 1 rings (SSSR count). The van der Waals surface area contributed by atoms with Gasteiger partial charge in [0.25, 0.3) is 0 Å². The fourth-order valence-corrected chi connectivity index (χ4v) is 1.46. The van der Waals surface area contributed by atoms with Crippen LogP contribution in [0.3, 0.4) is 0 Å². The van der Waals surface area contributed by atoms with Crippen molar-refractivity contribution >= 4 is 23.2 Å². The molecule has 0 aliphatic heterocycles. The van der Waals surface area contributed by atoms with Gasteiger partial charge in [0.1, 0.15) is 0 Å². The highest BCUT2D eigenvalue weighted by atomic mass is 35.5. The molecule has 0 heterocycles. The summed E-state index contributed by atoms with van der Waals surface area (Å²) in [6.07, 6.45) is 0. The van der Waals surface area contributed by atoms with E-state index in [9.17, 15) is 4.79 Å². The van der Waals surface area contributed by atoms with E-state index in [2.05, 4.69) is 5.32 Å². The standard InChI is InChI=1S/C10H9ClN2O/c1-6-3-8(5-12)4-9(11)10(6)13-7(2)14/h3-4H,1-2H3,(H,13,14). The Bertz CT molecular complexity index is 398. The number of carbonyl (C=O) groups excluding carboxylic acids is 1. The van der Waals surface area contributed by atoms with E-state index in [-0.39, 0.29) is 5.91 Å². The summed E-state index contributed by atoms with van der Waals surface area (Å²) in [7, 11) is 0. The summed E-state index contributed by atoms with van der Waals surface area (Å²) in [5.74, 6) is -0.181. The van der Waals surface area contributed by atoms with Crippen molar-refractivity contribution in [3.63, 3.8) is 0 Å². The van der Waals surface area contributed by atoms with Gasteiger partial charge in [0, 0.05) is 6.92 Å². The zero-order chi connectivity index (χ0) is 10.7. The Labute approximate surface area is 87.3 Å². The molecule has 3 nitrogen and oxygen atoms in total. The van der Waals surface area contributed by atoms with Gasteiger partial charge in [-0.2, -0.15) is 5.26 Å². The maximum atomic E-state index is 10.8. The van der Waals surface area contributed by atoms with Gasteiger partial charge in [-0.15, -0.1) is 0 Å². The predicted molar refractivity (Wildman–Crippen MR) is 55.2 cm³/mol. The van der Waals surface area contributed by atoms with Gasteiger partial charge in [-0.25, -0.2) is 0 Å². The zero-order valence-corrected chi connectivity index (χ0v) is 8.64. The van der Waals surface area contributed by atoms with Crippen LogP contribution < -0.4 is 5.32 Å². The lowest BCUT2D eigenvalue weighted by Gasteiger charge is -2.08. The Balaban J connectivity index is 3.19. The third-order valence-electron chi connectivity index (χ3n) is 1.72. The second-order valence-electron chi connectivity index (χ2n) is 2.94. The summed E-state index contributed by atoms with van der Waals surface area (Å²) < 4.78 is 0. The maximum absolute atomic E-state index is 10.8. The van der Waals surface area contributed by atoms with Crippen LogP contribution in [0.15, 0.2) is 12.1 Å². The molecule has 1 N–H and O–H groups in total. The normalized spacial score (nSPS) is 9.29. The number of rotatable bonds is 1. The Morgan fingerprint density at radius 3 is 2.64 bits per heavy atom. The third kappa shape index (κ3) is 2.24. The molecule has 1 aromatic carbocycles. The van der Waals surface area contributed by atoms with Crippen LogP contribution in [0.25, 0.3) is 0 Å². The summed E-state index contributed by atoms with van der Waals surface area (Å²) in [5.41, 5.74) is 1.84. The minimum atomic E-state index is -0.181. The van der Waals surface area contributed by atoms with Gasteiger partial charge >= 0.3 is 0 Å². The van der Waals surface area contributed by atoms with Gasteiger partial charge in [-0.1, -0.05) is 11.6 Å². The molecule has 4 heteroatoms. The molecule has 0 atom stereocenters. The van der Waals surface area contributed by atoms with Crippen molar-refractivity contribution in [2.45, 2.75) is 13.8 Å². The highest BCUT2D eigenvalue weighted by Gasteiger charge is 2.07. The molecule has 0 saturated heterocycles. The summed E-state index contributed by atoms with van der Waals surface area (Å²) >= 11 is 5.89.